The normalized spacial score (nSPS) is 17.5. The number of nitrogens with one attached hydrogen (secondary N) is 1. The molecule has 1 saturated heterocycles. The molecule has 29 heavy (non-hydrogen) atoms. The van der Waals surface area contributed by atoms with Crippen molar-refractivity contribution in [2.45, 2.75) is 25.3 Å². The number of carbonyl (C=O) groups is 3. The predicted molar refractivity (Wildman–Crippen MR) is 110 cm³/mol. The SMILES string of the molecule is CN1C(=O)c2ccc(C(=O)NC3CCN(CCc4ccccc4)CC3)cc2C1=O. The zero-order chi connectivity index (χ0) is 20.4. The van der Waals surface area contributed by atoms with Crippen molar-refractivity contribution in [3.63, 3.8) is 0 Å². The van der Waals surface area contributed by atoms with Gasteiger partial charge in [0.15, 0.2) is 0 Å². The monoisotopic (exact) mass is 391 g/mol. The third-order valence-electron chi connectivity index (χ3n) is 5.83. The van der Waals surface area contributed by atoms with E-state index >= 15 is 0 Å². The van der Waals surface area contributed by atoms with E-state index in [1.165, 1.54) is 18.7 Å². The third-order valence-corrected chi connectivity index (χ3v) is 5.83. The van der Waals surface area contributed by atoms with E-state index in [2.05, 4.69) is 34.5 Å². The van der Waals surface area contributed by atoms with Crippen molar-refractivity contribution < 1.29 is 14.4 Å². The van der Waals surface area contributed by atoms with E-state index in [1.54, 1.807) is 12.1 Å². The van der Waals surface area contributed by atoms with Gasteiger partial charge in [-0.15, -0.1) is 0 Å². The molecule has 2 aromatic rings. The number of piperidine rings is 1. The summed E-state index contributed by atoms with van der Waals surface area (Å²) in [5.74, 6) is -0.864. The third kappa shape index (κ3) is 4.07. The van der Waals surface area contributed by atoms with E-state index < -0.39 is 0 Å². The van der Waals surface area contributed by atoms with Gasteiger partial charge in [0.1, 0.15) is 0 Å². The molecule has 0 bridgehead atoms. The number of rotatable bonds is 5. The number of carbonyl (C=O) groups excluding carboxylic acids is 3. The molecule has 150 valence electrons. The number of imide groups is 1. The number of fused-ring (bicyclic) bond motifs is 1. The van der Waals surface area contributed by atoms with Gasteiger partial charge < -0.3 is 10.2 Å². The molecule has 1 N–H and O–H groups in total. The molecular formula is C23H25N3O3. The quantitative estimate of drug-likeness (QED) is 0.795. The first kappa shape index (κ1) is 19.3. The summed E-state index contributed by atoms with van der Waals surface area (Å²) < 4.78 is 0. The minimum absolute atomic E-state index is 0.128. The first-order chi connectivity index (χ1) is 14.0. The maximum absolute atomic E-state index is 12.6. The van der Waals surface area contributed by atoms with E-state index in [1.807, 2.05) is 6.07 Å². The lowest BCUT2D eigenvalue weighted by atomic mass is 10.0. The van der Waals surface area contributed by atoms with Gasteiger partial charge in [0.2, 0.25) is 0 Å². The number of hydrogen-bond acceptors (Lipinski definition) is 4. The molecule has 2 aromatic carbocycles. The average molecular weight is 391 g/mol. The Hall–Kier alpha value is -2.99. The van der Waals surface area contributed by atoms with Crippen molar-refractivity contribution in [2.24, 2.45) is 0 Å². The first-order valence-electron chi connectivity index (χ1n) is 10.1. The second kappa shape index (κ2) is 8.17. The van der Waals surface area contributed by atoms with Gasteiger partial charge >= 0.3 is 0 Å². The zero-order valence-electron chi connectivity index (χ0n) is 16.6. The minimum atomic E-state index is -0.355. The summed E-state index contributed by atoms with van der Waals surface area (Å²) in [7, 11) is 1.45. The standard InChI is InChI=1S/C23H25N3O3/c1-25-22(28)19-8-7-17(15-20(19)23(25)29)21(27)24-18-10-13-26(14-11-18)12-9-16-5-3-2-4-6-16/h2-8,15,18H,9-14H2,1H3,(H,24,27). The fraction of sp³-hybridized carbons (Fsp3) is 0.348. The number of likely N-dealkylation sites (tertiary alicyclic amines) is 1. The van der Waals surface area contributed by atoms with E-state index in [9.17, 15) is 14.4 Å². The molecule has 2 aliphatic heterocycles. The summed E-state index contributed by atoms with van der Waals surface area (Å²) in [6.07, 6.45) is 2.85. The van der Waals surface area contributed by atoms with Crippen LogP contribution in [0.5, 0.6) is 0 Å². The molecular weight excluding hydrogens is 366 g/mol. The van der Waals surface area contributed by atoms with Gasteiger partial charge in [0.25, 0.3) is 17.7 Å². The lowest BCUT2D eigenvalue weighted by Gasteiger charge is -2.32. The summed E-state index contributed by atoms with van der Waals surface area (Å²) >= 11 is 0. The van der Waals surface area contributed by atoms with Crippen LogP contribution in [0.25, 0.3) is 0 Å². The van der Waals surface area contributed by atoms with Crippen LogP contribution in [0, 0.1) is 0 Å². The molecule has 1 fully saturated rings. The molecule has 0 atom stereocenters. The van der Waals surface area contributed by atoms with Crippen molar-refractivity contribution in [3.05, 3.63) is 70.8 Å². The molecule has 2 heterocycles. The number of hydrogen-bond donors (Lipinski definition) is 1. The summed E-state index contributed by atoms with van der Waals surface area (Å²) in [5.41, 5.74) is 2.44. The van der Waals surface area contributed by atoms with Crippen LogP contribution in [-0.4, -0.2) is 60.2 Å². The Labute approximate surface area is 170 Å². The highest BCUT2D eigenvalue weighted by Crippen LogP contribution is 2.23. The zero-order valence-corrected chi connectivity index (χ0v) is 16.6. The van der Waals surface area contributed by atoms with E-state index in [-0.39, 0.29) is 23.8 Å². The van der Waals surface area contributed by atoms with Gasteiger partial charge in [0, 0.05) is 38.3 Å². The van der Waals surface area contributed by atoms with E-state index in [4.69, 9.17) is 0 Å². The molecule has 0 unspecified atom stereocenters. The maximum Gasteiger partial charge on any atom is 0.261 e. The Morgan fingerprint density at radius 2 is 1.69 bits per heavy atom. The largest absolute Gasteiger partial charge is 0.349 e. The van der Waals surface area contributed by atoms with Crippen LogP contribution in [0.1, 0.15) is 49.5 Å². The number of benzene rings is 2. The highest BCUT2D eigenvalue weighted by Gasteiger charge is 2.33. The number of nitrogens with zero attached hydrogens (tertiary/aromatic N) is 2. The minimum Gasteiger partial charge on any atom is -0.349 e. The molecule has 6 nitrogen and oxygen atoms in total. The summed E-state index contributed by atoms with van der Waals surface area (Å²) in [5, 5.41) is 3.08. The van der Waals surface area contributed by atoms with Gasteiger partial charge in [-0.1, -0.05) is 30.3 Å². The fourth-order valence-electron chi connectivity index (χ4n) is 4.00. The predicted octanol–water partition coefficient (Wildman–Crippen LogP) is 2.35. The Morgan fingerprint density at radius 1 is 1.00 bits per heavy atom. The maximum atomic E-state index is 12.6. The second-order valence-electron chi connectivity index (χ2n) is 7.75. The van der Waals surface area contributed by atoms with Crippen LogP contribution in [0.15, 0.2) is 48.5 Å². The van der Waals surface area contributed by atoms with Crippen molar-refractivity contribution in [3.8, 4) is 0 Å². The van der Waals surface area contributed by atoms with Gasteiger partial charge in [-0.25, -0.2) is 0 Å². The van der Waals surface area contributed by atoms with Gasteiger partial charge in [0.05, 0.1) is 11.1 Å². The Balaban J connectivity index is 1.29. The van der Waals surface area contributed by atoms with Crippen LogP contribution >= 0.6 is 0 Å². The lowest BCUT2D eigenvalue weighted by molar-refractivity contribution is 0.0693. The van der Waals surface area contributed by atoms with Crippen molar-refractivity contribution in [2.75, 3.05) is 26.7 Å². The second-order valence-corrected chi connectivity index (χ2v) is 7.75. The first-order valence-corrected chi connectivity index (χ1v) is 10.1. The molecule has 6 heteroatoms. The lowest BCUT2D eigenvalue weighted by Crippen LogP contribution is -2.45. The van der Waals surface area contributed by atoms with Crippen LogP contribution in [0.3, 0.4) is 0 Å². The summed E-state index contributed by atoms with van der Waals surface area (Å²) in [6, 6.07) is 15.3. The molecule has 4 rings (SSSR count). The van der Waals surface area contributed by atoms with Crippen LogP contribution < -0.4 is 5.32 Å². The van der Waals surface area contributed by atoms with Gasteiger partial charge in [-0.3, -0.25) is 19.3 Å². The Morgan fingerprint density at radius 3 is 2.41 bits per heavy atom. The molecule has 2 aliphatic rings. The molecule has 0 aromatic heterocycles. The fourth-order valence-corrected chi connectivity index (χ4v) is 4.00. The highest BCUT2D eigenvalue weighted by atomic mass is 16.2. The van der Waals surface area contributed by atoms with Crippen molar-refractivity contribution in [1.82, 2.24) is 15.1 Å². The number of amides is 3. The Bertz CT molecular complexity index is 934. The molecule has 3 amide bonds. The van der Waals surface area contributed by atoms with Gasteiger partial charge in [-0.05, 0) is 43.0 Å². The van der Waals surface area contributed by atoms with Crippen molar-refractivity contribution in [1.29, 1.82) is 0 Å². The molecule has 0 spiro atoms. The highest BCUT2D eigenvalue weighted by molar-refractivity contribution is 6.21. The van der Waals surface area contributed by atoms with Crippen molar-refractivity contribution >= 4 is 17.7 Å². The average Bonchev–Trinajstić information content (AvgIpc) is 2.97. The van der Waals surface area contributed by atoms with Crippen LogP contribution in [0.2, 0.25) is 0 Å². The molecule has 0 radical (unpaired) electrons. The van der Waals surface area contributed by atoms with Crippen LogP contribution in [-0.2, 0) is 6.42 Å². The molecule has 0 saturated carbocycles. The topological polar surface area (TPSA) is 69.7 Å². The summed E-state index contributed by atoms with van der Waals surface area (Å²) in [6.45, 7) is 2.94. The Kier molecular flexibility index (Phi) is 5.45. The summed E-state index contributed by atoms with van der Waals surface area (Å²) in [4.78, 5) is 40.3. The van der Waals surface area contributed by atoms with E-state index in [0.29, 0.717) is 16.7 Å². The van der Waals surface area contributed by atoms with Gasteiger partial charge in [-0.2, -0.15) is 0 Å². The molecule has 0 aliphatic carbocycles. The van der Waals surface area contributed by atoms with Crippen LogP contribution in [0.4, 0.5) is 0 Å². The smallest absolute Gasteiger partial charge is 0.261 e. The van der Waals surface area contributed by atoms with E-state index in [0.717, 1.165) is 43.8 Å².